The molecule has 4 nitrogen and oxygen atoms in total. The summed E-state index contributed by atoms with van der Waals surface area (Å²) in [5.74, 6) is 0.720. The SMILES string of the molecule is COc1ccccc1-c1ccc(C(C)N(C)C(=O)C(C)C(C)N)cc1.Cl. The lowest BCUT2D eigenvalue weighted by atomic mass is 9.98. The number of carbonyl (C=O) groups excluding carboxylic acids is 1. The Hall–Kier alpha value is -2.04. The van der Waals surface area contributed by atoms with Gasteiger partial charge in [-0.05, 0) is 31.0 Å². The lowest BCUT2D eigenvalue weighted by Gasteiger charge is -2.29. The van der Waals surface area contributed by atoms with Crippen molar-refractivity contribution in [2.24, 2.45) is 11.7 Å². The number of nitrogens with two attached hydrogens (primary N) is 1. The monoisotopic (exact) mass is 376 g/mol. The van der Waals surface area contributed by atoms with Crippen LogP contribution in [0.25, 0.3) is 11.1 Å². The molecule has 0 aliphatic rings. The topological polar surface area (TPSA) is 55.6 Å². The average molecular weight is 377 g/mol. The van der Waals surface area contributed by atoms with E-state index in [1.54, 1.807) is 12.0 Å². The molecule has 2 aromatic rings. The van der Waals surface area contributed by atoms with E-state index in [1.807, 2.05) is 52.1 Å². The summed E-state index contributed by atoms with van der Waals surface area (Å²) in [6.07, 6.45) is 0. The summed E-state index contributed by atoms with van der Waals surface area (Å²) in [7, 11) is 3.51. The Kier molecular flexibility index (Phi) is 8.12. The molecule has 142 valence electrons. The highest BCUT2D eigenvalue weighted by molar-refractivity contribution is 5.85. The fourth-order valence-electron chi connectivity index (χ4n) is 2.78. The predicted molar refractivity (Wildman–Crippen MR) is 110 cm³/mol. The number of nitrogens with zero attached hydrogens (tertiary/aromatic N) is 1. The quantitative estimate of drug-likeness (QED) is 0.818. The van der Waals surface area contributed by atoms with E-state index in [2.05, 4.69) is 24.3 Å². The summed E-state index contributed by atoms with van der Waals surface area (Å²) >= 11 is 0. The average Bonchev–Trinajstić information content (AvgIpc) is 2.65. The van der Waals surface area contributed by atoms with Gasteiger partial charge in [0.1, 0.15) is 5.75 Å². The van der Waals surface area contributed by atoms with Gasteiger partial charge in [-0.15, -0.1) is 12.4 Å². The molecule has 2 aromatic carbocycles. The summed E-state index contributed by atoms with van der Waals surface area (Å²) < 4.78 is 5.43. The van der Waals surface area contributed by atoms with Crippen molar-refractivity contribution in [2.75, 3.05) is 14.2 Å². The molecule has 1 amide bonds. The van der Waals surface area contributed by atoms with Crippen molar-refractivity contribution in [1.82, 2.24) is 4.90 Å². The Morgan fingerprint density at radius 1 is 1.04 bits per heavy atom. The van der Waals surface area contributed by atoms with Gasteiger partial charge in [0, 0.05) is 18.7 Å². The van der Waals surface area contributed by atoms with Crippen LogP contribution in [0, 0.1) is 5.92 Å². The Balaban J connectivity index is 0.00000338. The van der Waals surface area contributed by atoms with E-state index < -0.39 is 0 Å². The molecule has 0 heterocycles. The van der Waals surface area contributed by atoms with E-state index in [0.29, 0.717) is 0 Å². The maximum absolute atomic E-state index is 12.5. The second-order valence-corrected chi connectivity index (χ2v) is 6.60. The van der Waals surface area contributed by atoms with Crippen molar-refractivity contribution in [3.63, 3.8) is 0 Å². The minimum absolute atomic E-state index is 0. The van der Waals surface area contributed by atoms with Crippen molar-refractivity contribution >= 4 is 18.3 Å². The molecular weight excluding hydrogens is 348 g/mol. The molecule has 0 aliphatic carbocycles. The third kappa shape index (κ3) is 4.77. The van der Waals surface area contributed by atoms with E-state index in [0.717, 1.165) is 22.4 Å². The molecule has 2 N–H and O–H groups in total. The number of methoxy groups -OCH3 is 1. The first kappa shape index (κ1) is 22.0. The smallest absolute Gasteiger partial charge is 0.227 e. The van der Waals surface area contributed by atoms with Gasteiger partial charge in [0.05, 0.1) is 19.1 Å². The van der Waals surface area contributed by atoms with E-state index >= 15 is 0 Å². The minimum Gasteiger partial charge on any atom is -0.496 e. The first-order valence-electron chi connectivity index (χ1n) is 8.62. The van der Waals surface area contributed by atoms with Crippen molar-refractivity contribution in [1.29, 1.82) is 0 Å². The van der Waals surface area contributed by atoms with E-state index in [9.17, 15) is 4.79 Å². The lowest BCUT2D eigenvalue weighted by molar-refractivity contribution is -0.136. The maximum Gasteiger partial charge on any atom is 0.227 e. The van der Waals surface area contributed by atoms with Crippen LogP contribution in [0.15, 0.2) is 48.5 Å². The van der Waals surface area contributed by atoms with Gasteiger partial charge >= 0.3 is 0 Å². The molecular formula is C21H29ClN2O2. The van der Waals surface area contributed by atoms with Crippen molar-refractivity contribution in [2.45, 2.75) is 32.9 Å². The Labute approximate surface area is 162 Å². The van der Waals surface area contributed by atoms with Gasteiger partial charge in [0.25, 0.3) is 0 Å². The summed E-state index contributed by atoms with van der Waals surface area (Å²) in [5, 5.41) is 0. The standard InChI is InChI=1S/C21H28N2O2.ClH/c1-14(15(2)22)21(24)23(4)16(3)17-10-12-18(13-11-17)19-8-6-7-9-20(19)25-5;/h6-16H,22H2,1-5H3;1H. The van der Waals surface area contributed by atoms with Crippen molar-refractivity contribution in [3.05, 3.63) is 54.1 Å². The largest absolute Gasteiger partial charge is 0.496 e. The number of rotatable bonds is 6. The van der Waals surface area contributed by atoms with E-state index in [1.165, 1.54) is 0 Å². The zero-order chi connectivity index (χ0) is 18.6. The van der Waals surface area contributed by atoms with Gasteiger partial charge in [-0.1, -0.05) is 49.4 Å². The van der Waals surface area contributed by atoms with Crippen LogP contribution in [0.1, 0.15) is 32.4 Å². The first-order chi connectivity index (χ1) is 11.9. The van der Waals surface area contributed by atoms with Crippen molar-refractivity contribution < 1.29 is 9.53 Å². The number of benzene rings is 2. The molecule has 26 heavy (non-hydrogen) atoms. The molecule has 3 atom stereocenters. The highest BCUT2D eigenvalue weighted by Gasteiger charge is 2.24. The fourth-order valence-corrected chi connectivity index (χ4v) is 2.78. The molecule has 3 unspecified atom stereocenters. The van der Waals surface area contributed by atoms with Gasteiger partial charge in [-0.3, -0.25) is 4.79 Å². The number of ether oxygens (including phenoxy) is 1. The van der Waals surface area contributed by atoms with Crippen LogP contribution >= 0.6 is 12.4 Å². The molecule has 0 bridgehead atoms. The van der Waals surface area contributed by atoms with Gasteiger partial charge < -0.3 is 15.4 Å². The number of para-hydroxylation sites is 1. The van der Waals surface area contributed by atoms with Crippen LogP contribution in [0.3, 0.4) is 0 Å². The van der Waals surface area contributed by atoms with E-state index in [4.69, 9.17) is 10.5 Å². The summed E-state index contributed by atoms with van der Waals surface area (Å²) in [5.41, 5.74) is 9.10. The highest BCUT2D eigenvalue weighted by atomic mass is 35.5. The summed E-state index contributed by atoms with van der Waals surface area (Å²) in [6.45, 7) is 5.77. The van der Waals surface area contributed by atoms with Crippen LogP contribution in [-0.4, -0.2) is 31.0 Å². The minimum atomic E-state index is -0.194. The number of hydrogen-bond donors (Lipinski definition) is 1. The molecule has 0 aromatic heterocycles. The molecule has 0 saturated carbocycles. The fraction of sp³-hybridized carbons (Fsp3) is 0.381. The molecule has 0 fully saturated rings. The first-order valence-corrected chi connectivity index (χ1v) is 8.62. The Morgan fingerprint density at radius 3 is 2.15 bits per heavy atom. The molecule has 5 heteroatoms. The van der Waals surface area contributed by atoms with Gasteiger partial charge in [-0.2, -0.15) is 0 Å². The van der Waals surface area contributed by atoms with Crippen LogP contribution in [0.2, 0.25) is 0 Å². The maximum atomic E-state index is 12.5. The van der Waals surface area contributed by atoms with Crippen LogP contribution in [0.5, 0.6) is 5.75 Å². The number of amides is 1. The summed E-state index contributed by atoms with van der Waals surface area (Å²) in [4.78, 5) is 14.3. The third-order valence-corrected chi connectivity index (χ3v) is 4.92. The molecule has 0 aliphatic heterocycles. The normalized spacial score (nSPS) is 13.9. The Bertz CT molecular complexity index is 716. The lowest BCUT2D eigenvalue weighted by Crippen LogP contribution is -2.40. The molecule has 0 spiro atoms. The molecule has 0 radical (unpaired) electrons. The number of halogens is 1. The second-order valence-electron chi connectivity index (χ2n) is 6.60. The second kappa shape index (κ2) is 9.60. The van der Waals surface area contributed by atoms with E-state index in [-0.39, 0.29) is 36.3 Å². The van der Waals surface area contributed by atoms with Gasteiger partial charge in [0.15, 0.2) is 0 Å². The molecule has 2 rings (SSSR count). The zero-order valence-corrected chi connectivity index (χ0v) is 16.9. The number of carbonyl (C=O) groups is 1. The zero-order valence-electron chi connectivity index (χ0n) is 16.1. The van der Waals surface area contributed by atoms with Crippen LogP contribution < -0.4 is 10.5 Å². The highest BCUT2D eigenvalue weighted by Crippen LogP contribution is 2.31. The molecule has 0 saturated heterocycles. The Morgan fingerprint density at radius 2 is 1.62 bits per heavy atom. The van der Waals surface area contributed by atoms with Crippen molar-refractivity contribution in [3.8, 4) is 16.9 Å². The third-order valence-electron chi connectivity index (χ3n) is 4.92. The van der Waals surface area contributed by atoms with Crippen LogP contribution in [0.4, 0.5) is 0 Å². The van der Waals surface area contributed by atoms with Gasteiger partial charge in [-0.25, -0.2) is 0 Å². The predicted octanol–water partition coefficient (Wildman–Crippen LogP) is 4.29. The number of hydrogen-bond acceptors (Lipinski definition) is 3. The van der Waals surface area contributed by atoms with Crippen LogP contribution in [-0.2, 0) is 4.79 Å². The summed E-state index contributed by atoms with van der Waals surface area (Å²) in [6, 6.07) is 16.0. The van der Waals surface area contributed by atoms with Gasteiger partial charge in [0.2, 0.25) is 5.91 Å².